The zero-order chi connectivity index (χ0) is 21.8. The first-order chi connectivity index (χ1) is 15.1. The van der Waals surface area contributed by atoms with Gasteiger partial charge in [0.1, 0.15) is 22.8 Å². The third-order valence-corrected chi connectivity index (χ3v) is 4.92. The number of benzene rings is 3. The zero-order valence-electron chi connectivity index (χ0n) is 17.8. The molecule has 0 unspecified atom stereocenters. The van der Waals surface area contributed by atoms with Gasteiger partial charge in [0.05, 0.1) is 39.5 Å². The Balaban J connectivity index is 1.96. The van der Waals surface area contributed by atoms with E-state index in [1.807, 2.05) is 66.7 Å². The molecule has 6 nitrogen and oxygen atoms in total. The number of nitrogens with zero attached hydrogens (tertiary/aromatic N) is 1. The average Bonchev–Trinajstić information content (AvgIpc) is 2.83. The van der Waals surface area contributed by atoms with Gasteiger partial charge in [0.2, 0.25) is 0 Å². The Hall–Kier alpha value is -3.93. The minimum atomic E-state index is 0.622. The highest BCUT2D eigenvalue weighted by Crippen LogP contribution is 2.33. The third-order valence-electron chi connectivity index (χ3n) is 4.92. The molecule has 0 aliphatic heterocycles. The molecule has 0 saturated heterocycles. The summed E-state index contributed by atoms with van der Waals surface area (Å²) in [7, 11) is 6.48. The van der Waals surface area contributed by atoms with Gasteiger partial charge in [-0.1, -0.05) is 6.07 Å². The summed E-state index contributed by atoms with van der Waals surface area (Å²) >= 11 is 0. The number of fused-ring (bicyclic) bond motifs is 1. The fourth-order valence-corrected chi connectivity index (χ4v) is 3.32. The predicted molar refractivity (Wildman–Crippen MR) is 120 cm³/mol. The smallest absolute Gasteiger partial charge is 0.161 e. The molecule has 0 saturated carbocycles. The minimum absolute atomic E-state index is 0.622. The second-order valence-corrected chi connectivity index (χ2v) is 6.74. The van der Waals surface area contributed by atoms with Gasteiger partial charge in [-0.15, -0.1) is 0 Å². The van der Waals surface area contributed by atoms with Crippen molar-refractivity contribution in [2.24, 2.45) is 4.99 Å². The van der Waals surface area contributed by atoms with Crippen molar-refractivity contribution in [3.05, 3.63) is 72.1 Å². The van der Waals surface area contributed by atoms with Crippen molar-refractivity contribution in [2.45, 2.75) is 0 Å². The van der Waals surface area contributed by atoms with Crippen molar-refractivity contribution in [1.29, 1.82) is 0 Å². The highest BCUT2D eigenvalue weighted by molar-refractivity contribution is 5.80. The molecule has 0 atom stereocenters. The van der Waals surface area contributed by atoms with Crippen molar-refractivity contribution < 1.29 is 23.4 Å². The van der Waals surface area contributed by atoms with Gasteiger partial charge in [-0.25, -0.2) is 4.99 Å². The SMILES string of the molecule is COc1cccc(N=c2cc(-c3ccc(OC)c(OC)c3)oc3ccc(OC)cc23)c1. The highest BCUT2D eigenvalue weighted by Gasteiger charge is 2.11. The molecule has 0 radical (unpaired) electrons. The van der Waals surface area contributed by atoms with E-state index in [-0.39, 0.29) is 0 Å². The van der Waals surface area contributed by atoms with Gasteiger partial charge in [-0.2, -0.15) is 0 Å². The van der Waals surface area contributed by atoms with Crippen molar-refractivity contribution in [2.75, 3.05) is 28.4 Å². The Morgan fingerprint density at radius 3 is 2.19 bits per heavy atom. The van der Waals surface area contributed by atoms with Crippen LogP contribution in [0, 0.1) is 0 Å². The van der Waals surface area contributed by atoms with Gasteiger partial charge in [-0.05, 0) is 48.5 Å². The van der Waals surface area contributed by atoms with E-state index in [9.17, 15) is 0 Å². The first kappa shape index (κ1) is 20.3. The maximum absolute atomic E-state index is 6.21. The van der Waals surface area contributed by atoms with Gasteiger partial charge in [0, 0.05) is 23.1 Å². The molecule has 31 heavy (non-hydrogen) atoms. The number of methoxy groups -OCH3 is 4. The summed E-state index contributed by atoms with van der Waals surface area (Å²) in [5.41, 5.74) is 2.31. The van der Waals surface area contributed by atoms with Gasteiger partial charge in [-0.3, -0.25) is 0 Å². The van der Waals surface area contributed by atoms with Crippen LogP contribution in [0.1, 0.15) is 0 Å². The Labute approximate surface area is 180 Å². The quantitative estimate of drug-likeness (QED) is 0.422. The van der Waals surface area contributed by atoms with Crippen LogP contribution in [0.5, 0.6) is 23.0 Å². The Morgan fingerprint density at radius 2 is 1.45 bits per heavy atom. The predicted octanol–water partition coefficient (Wildman–Crippen LogP) is 5.37. The Kier molecular flexibility index (Phi) is 5.80. The number of rotatable bonds is 6. The first-order valence-electron chi connectivity index (χ1n) is 9.68. The fourth-order valence-electron chi connectivity index (χ4n) is 3.32. The second kappa shape index (κ2) is 8.83. The molecule has 0 spiro atoms. The van der Waals surface area contributed by atoms with E-state index >= 15 is 0 Å². The summed E-state index contributed by atoms with van der Waals surface area (Å²) in [6, 6.07) is 20.8. The van der Waals surface area contributed by atoms with Crippen molar-refractivity contribution in [3.63, 3.8) is 0 Å². The number of hydrogen-bond donors (Lipinski definition) is 0. The summed E-state index contributed by atoms with van der Waals surface area (Å²) in [6.45, 7) is 0. The van der Waals surface area contributed by atoms with Crippen molar-refractivity contribution >= 4 is 16.7 Å². The molecule has 0 fully saturated rings. The van der Waals surface area contributed by atoms with Crippen LogP contribution in [0.2, 0.25) is 0 Å². The number of hydrogen-bond acceptors (Lipinski definition) is 6. The van der Waals surface area contributed by atoms with Crippen LogP contribution in [0.15, 0.2) is 76.1 Å². The molecule has 0 bridgehead atoms. The van der Waals surface area contributed by atoms with E-state index in [1.54, 1.807) is 28.4 Å². The number of ether oxygens (including phenoxy) is 4. The molecule has 4 aromatic rings. The highest BCUT2D eigenvalue weighted by atomic mass is 16.5. The normalized spacial score (nSPS) is 11.4. The lowest BCUT2D eigenvalue weighted by molar-refractivity contribution is 0.355. The summed E-state index contributed by atoms with van der Waals surface area (Å²) in [4.78, 5) is 4.86. The minimum Gasteiger partial charge on any atom is -0.497 e. The van der Waals surface area contributed by atoms with Gasteiger partial charge in [0.15, 0.2) is 11.5 Å². The molecule has 0 amide bonds. The van der Waals surface area contributed by atoms with E-state index < -0.39 is 0 Å². The summed E-state index contributed by atoms with van der Waals surface area (Å²) in [6.07, 6.45) is 0. The average molecular weight is 417 g/mol. The summed E-state index contributed by atoms with van der Waals surface area (Å²) < 4.78 is 27.7. The van der Waals surface area contributed by atoms with E-state index in [1.165, 1.54) is 0 Å². The van der Waals surface area contributed by atoms with E-state index in [4.69, 9.17) is 28.4 Å². The fraction of sp³-hybridized carbons (Fsp3) is 0.160. The van der Waals surface area contributed by atoms with Gasteiger partial charge >= 0.3 is 0 Å². The molecule has 6 heteroatoms. The summed E-state index contributed by atoms with van der Waals surface area (Å²) in [5, 5.41) is 1.59. The molecule has 1 heterocycles. The van der Waals surface area contributed by atoms with Gasteiger partial charge in [0.25, 0.3) is 0 Å². The van der Waals surface area contributed by atoms with E-state index in [0.717, 1.165) is 33.5 Å². The van der Waals surface area contributed by atoms with Crippen LogP contribution in [0.4, 0.5) is 5.69 Å². The largest absolute Gasteiger partial charge is 0.497 e. The molecular formula is C25H23NO5. The van der Waals surface area contributed by atoms with Crippen LogP contribution in [0.25, 0.3) is 22.3 Å². The first-order valence-corrected chi connectivity index (χ1v) is 9.68. The molecule has 158 valence electrons. The molecule has 4 rings (SSSR count). The lowest BCUT2D eigenvalue weighted by Gasteiger charge is -2.10. The maximum Gasteiger partial charge on any atom is 0.161 e. The van der Waals surface area contributed by atoms with Gasteiger partial charge < -0.3 is 23.4 Å². The lowest BCUT2D eigenvalue weighted by Crippen LogP contribution is -2.04. The molecule has 1 aromatic heterocycles. The van der Waals surface area contributed by atoms with Crippen LogP contribution in [-0.4, -0.2) is 28.4 Å². The van der Waals surface area contributed by atoms with Crippen LogP contribution in [0.3, 0.4) is 0 Å². The molecular weight excluding hydrogens is 394 g/mol. The second-order valence-electron chi connectivity index (χ2n) is 6.74. The van der Waals surface area contributed by atoms with Crippen LogP contribution in [-0.2, 0) is 0 Å². The van der Waals surface area contributed by atoms with Crippen molar-refractivity contribution in [3.8, 4) is 34.3 Å². The van der Waals surface area contributed by atoms with Crippen LogP contribution < -0.4 is 24.3 Å². The topological polar surface area (TPSA) is 62.4 Å². The summed E-state index contributed by atoms with van der Waals surface area (Å²) in [5.74, 6) is 3.39. The molecule has 0 aliphatic carbocycles. The van der Waals surface area contributed by atoms with Crippen molar-refractivity contribution in [1.82, 2.24) is 0 Å². The Morgan fingerprint density at radius 1 is 0.677 bits per heavy atom. The van der Waals surface area contributed by atoms with Crippen LogP contribution >= 0.6 is 0 Å². The van der Waals surface area contributed by atoms with E-state index in [0.29, 0.717) is 22.8 Å². The zero-order valence-corrected chi connectivity index (χ0v) is 17.8. The molecule has 0 N–H and O–H groups in total. The lowest BCUT2D eigenvalue weighted by atomic mass is 10.1. The standard InChI is InChI=1S/C25H23NO5/c1-27-18-7-5-6-17(13-18)26-21-15-24(16-8-10-23(29-3)25(12-16)30-4)31-22-11-9-19(28-2)14-20(21)22/h5-15H,1-4H3. The Bertz CT molecular complexity index is 1290. The van der Waals surface area contributed by atoms with E-state index in [2.05, 4.69) is 0 Å². The maximum atomic E-state index is 6.21. The third kappa shape index (κ3) is 4.19. The molecule has 0 aliphatic rings. The molecule has 3 aromatic carbocycles. The monoisotopic (exact) mass is 417 g/mol.